The Bertz CT molecular complexity index is 504. The molecule has 0 saturated heterocycles. The fraction of sp³-hybridized carbons (Fsp3) is 0.462. The third kappa shape index (κ3) is 2.83. The fourth-order valence-electron chi connectivity index (χ4n) is 2.47. The molecule has 0 amide bonds. The molecule has 2 rings (SSSR count). The normalized spacial score (nSPS) is 16.9. The molecule has 1 aromatic carbocycles. The van der Waals surface area contributed by atoms with E-state index in [1.165, 1.54) is 12.1 Å². The van der Waals surface area contributed by atoms with Crippen molar-refractivity contribution in [2.45, 2.75) is 37.8 Å². The molecule has 1 fully saturated rings. The van der Waals surface area contributed by atoms with E-state index < -0.39 is 23.3 Å². The number of halogens is 5. The van der Waals surface area contributed by atoms with Gasteiger partial charge in [-0.25, -0.2) is 4.39 Å². The van der Waals surface area contributed by atoms with Gasteiger partial charge in [0.15, 0.2) is 0 Å². The van der Waals surface area contributed by atoms with E-state index in [1.807, 2.05) is 0 Å². The Morgan fingerprint density at radius 2 is 1.79 bits per heavy atom. The van der Waals surface area contributed by atoms with Crippen LogP contribution in [0, 0.1) is 5.82 Å². The SMILES string of the molecule is O=C(c1c(Br)ccc(C2CCCC2)c1F)C(F)(F)F. The van der Waals surface area contributed by atoms with Crippen LogP contribution in [0.1, 0.15) is 47.5 Å². The highest BCUT2D eigenvalue weighted by Crippen LogP contribution is 2.38. The number of rotatable bonds is 2. The maximum Gasteiger partial charge on any atom is 0.455 e. The highest BCUT2D eigenvalue weighted by Gasteiger charge is 2.42. The van der Waals surface area contributed by atoms with Crippen LogP contribution in [0.2, 0.25) is 0 Å². The summed E-state index contributed by atoms with van der Waals surface area (Å²) in [5.74, 6) is -3.27. The lowest BCUT2D eigenvalue weighted by molar-refractivity contribution is -0.0888. The molecule has 1 aliphatic rings. The first-order valence-electron chi connectivity index (χ1n) is 5.91. The smallest absolute Gasteiger partial charge is 0.284 e. The second-order valence-corrected chi connectivity index (χ2v) is 5.49. The van der Waals surface area contributed by atoms with Gasteiger partial charge < -0.3 is 0 Å². The zero-order valence-corrected chi connectivity index (χ0v) is 11.4. The number of Topliss-reactive ketones (excluding diaryl/α,β-unsaturated/α-hetero) is 1. The maximum atomic E-state index is 14.2. The Morgan fingerprint density at radius 3 is 2.32 bits per heavy atom. The molecular formula is C13H11BrF4O. The molecule has 0 heterocycles. The van der Waals surface area contributed by atoms with Gasteiger partial charge in [0.05, 0.1) is 5.56 Å². The van der Waals surface area contributed by atoms with E-state index in [-0.39, 0.29) is 16.0 Å². The monoisotopic (exact) mass is 338 g/mol. The summed E-state index contributed by atoms with van der Waals surface area (Å²) in [5, 5.41) is 0. The molecule has 1 nitrogen and oxygen atoms in total. The molecule has 6 heteroatoms. The summed E-state index contributed by atoms with van der Waals surface area (Å²) in [7, 11) is 0. The van der Waals surface area contributed by atoms with Crippen molar-refractivity contribution in [1.82, 2.24) is 0 Å². The molecule has 1 aromatic rings. The van der Waals surface area contributed by atoms with Crippen molar-refractivity contribution in [2.24, 2.45) is 0 Å². The second kappa shape index (κ2) is 5.23. The molecular weight excluding hydrogens is 328 g/mol. The Hall–Kier alpha value is -0.910. The highest BCUT2D eigenvalue weighted by atomic mass is 79.9. The number of carbonyl (C=O) groups excluding carboxylic acids is 1. The minimum Gasteiger partial charge on any atom is -0.284 e. The van der Waals surface area contributed by atoms with Crippen molar-refractivity contribution in [3.8, 4) is 0 Å². The Morgan fingerprint density at radius 1 is 1.21 bits per heavy atom. The Labute approximate surface area is 116 Å². The topological polar surface area (TPSA) is 17.1 Å². The number of carbonyl (C=O) groups is 1. The first-order chi connectivity index (χ1) is 8.82. The third-order valence-corrected chi connectivity index (χ3v) is 4.06. The summed E-state index contributed by atoms with van der Waals surface area (Å²) in [6, 6.07) is 2.78. The van der Waals surface area contributed by atoms with Gasteiger partial charge in [0.1, 0.15) is 5.82 Å². The van der Waals surface area contributed by atoms with Crippen LogP contribution in [0.15, 0.2) is 16.6 Å². The predicted molar refractivity (Wildman–Crippen MR) is 65.7 cm³/mol. The van der Waals surface area contributed by atoms with Crippen LogP contribution in [0.3, 0.4) is 0 Å². The lowest BCUT2D eigenvalue weighted by Gasteiger charge is -2.15. The van der Waals surface area contributed by atoms with E-state index in [0.29, 0.717) is 0 Å². The van der Waals surface area contributed by atoms with Crippen LogP contribution < -0.4 is 0 Å². The average molecular weight is 339 g/mol. The van der Waals surface area contributed by atoms with E-state index in [9.17, 15) is 22.4 Å². The van der Waals surface area contributed by atoms with Gasteiger partial charge in [-0.1, -0.05) is 18.9 Å². The molecule has 1 aliphatic carbocycles. The molecule has 0 radical (unpaired) electrons. The molecule has 0 aromatic heterocycles. The zero-order valence-electron chi connectivity index (χ0n) is 9.86. The van der Waals surface area contributed by atoms with Crippen LogP contribution in [0.4, 0.5) is 17.6 Å². The summed E-state index contributed by atoms with van der Waals surface area (Å²) < 4.78 is 51.5. The lowest BCUT2D eigenvalue weighted by Crippen LogP contribution is -2.25. The van der Waals surface area contributed by atoms with Crippen LogP contribution in [0.5, 0.6) is 0 Å². The van der Waals surface area contributed by atoms with Gasteiger partial charge in [-0.15, -0.1) is 0 Å². The Balaban J connectivity index is 2.48. The third-order valence-electron chi connectivity index (χ3n) is 3.40. The summed E-state index contributed by atoms with van der Waals surface area (Å²) in [5.41, 5.74) is -0.690. The van der Waals surface area contributed by atoms with Gasteiger partial charge in [-0.3, -0.25) is 4.79 Å². The summed E-state index contributed by atoms with van der Waals surface area (Å²) in [6.07, 6.45) is -1.71. The molecule has 0 unspecified atom stereocenters. The predicted octanol–water partition coefficient (Wildman–Crippen LogP) is 4.99. The number of ketones is 1. The van der Waals surface area contributed by atoms with E-state index in [1.54, 1.807) is 0 Å². The second-order valence-electron chi connectivity index (χ2n) is 4.63. The van der Waals surface area contributed by atoms with Crippen molar-refractivity contribution in [2.75, 3.05) is 0 Å². The molecule has 19 heavy (non-hydrogen) atoms. The minimum absolute atomic E-state index is 0.0899. The first-order valence-corrected chi connectivity index (χ1v) is 6.71. The van der Waals surface area contributed by atoms with Crippen molar-refractivity contribution in [3.63, 3.8) is 0 Å². The molecule has 1 saturated carbocycles. The minimum atomic E-state index is -5.07. The van der Waals surface area contributed by atoms with Crippen molar-refractivity contribution in [3.05, 3.63) is 33.5 Å². The average Bonchev–Trinajstić information content (AvgIpc) is 2.81. The lowest BCUT2D eigenvalue weighted by atomic mass is 9.94. The quantitative estimate of drug-likeness (QED) is 0.548. The van der Waals surface area contributed by atoms with Gasteiger partial charge in [-0.05, 0) is 46.3 Å². The van der Waals surface area contributed by atoms with Crippen LogP contribution in [-0.2, 0) is 0 Å². The molecule has 0 spiro atoms. The summed E-state index contributed by atoms with van der Waals surface area (Å²) in [4.78, 5) is 11.3. The van der Waals surface area contributed by atoms with Crippen LogP contribution in [-0.4, -0.2) is 12.0 Å². The van der Waals surface area contributed by atoms with Gasteiger partial charge in [-0.2, -0.15) is 13.2 Å². The van der Waals surface area contributed by atoms with Crippen molar-refractivity contribution in [1.29, 1.82) is 0 Å². The van der Waals surface area contributed by atoms with Crippen LogP contribution >= 0.6 is 15.9 Å². The number of hydrogen-bond acceptors (Lipinski definition) is 1. The molecule has 0 aliphatic heterocycles. The standard InChI is InChI=1S/C13H11BrF4O/c14-9-6-5-8(7-3-1-2-4-7)11(15)10(9)12(19)13(16,17)18/h5-7H,1-4H2. The molecule has 0 atom stereocenters. The zero-order chi connectivity index (χ0) is 14.2. The van der Waals surface area contributed by atoms with Crippen molar-refractivity contribution < 1.29 is 22.4 Å². The van der Waals surface area contributed by atoms with E-state index in [2.05, 4.69) is 15.9 Å². The summed E-state index contributed by atoms with van der Waals surface area (Å²) in [6.45, 7) is 0. The molecule has 0 N–H and O–H groups in total. The summed E-state index contributed by atoms with van der Waals surface area (Å²) >= 11 is 2.82. The Kier molecular flexibility index (Phi) is 3.99. The number of hydrogen-bond donors (Lipinski definition) is 0. The van der Waals surface area contributed by atoms with Crippen LogP contribution in [0.25, 0.3) is 0 Å². The first kappa shape index (κ1) is 14.5. The van der Waals surface area contributed by atoms with E-state index in [0.717, 1.165) is 25.7 Å². The molecule has 104 valence electrons. The van der Waals surface area contributed by atoms with Gasteiger partial charge >= 0.3 is 6.18 Å². The number of alkyl halides is 3. The van der Waals surface area contributed by atoms with Gasteiger partial charge in [0.2, 0.25) is 0 Å². The highest BCUT2D eigenvalue weighted by molar-refractivity contribution is 9.10. The molecule has 0 bridgehead atoms. The van der Waals surface area contributed by atoms with Crippen molar-refractivity contribution >= 4 is 21.7 Å². The maximum absolute atomic E-state index is 14.2. The van der Waals surface area contributed by atoms with Gasteiger partial charge in [0.25, 0.3) is 5.78 Å². The number of benzene rings is 1. The van der Waals surface area contributed by atoms with E-state index >= 15 is 0 Å². The largest absolute Gasteiger partial charge is 0.455 e. The van der Waals surface area contributed by atoms with Gasteiger partial charge in [0, 0.05) is 4.47 Å². The van der Waals surface area contributed by atoms with E-state index in [4.69, 9.17) is 0 Å². The fourth-order valence-corrected chi connectivity index (χ4v) is 2.96.